The maximum absolute atomic E-state index is 11.2. The summed E-state index contributed by atoms with van der Waals surface area (Å²) in [6.07, 6.45) is 2.65. The van der Waals surface area contributed by atoms with E-state index in [1.54, 1.807) is 29.1 Å². The highest BCUT2D eigenvalue weighted by atomic mass is 32.1. The van der Waals surface area contributed by atoms with Gasteiger partial charge in [0, 0.05) is 17.6 Å². The number of anilines is 1. The Morgan fingerprint density at radius 2 is 2.25 bits per heavy atom. The molecule has 0 unspecified atom stereocenters. The van der Waals surface area contributed by atoms with Crippen molar-refractivity contribution < 1.29 is 4.92 Å². The minimum absolute atomic E-state index is 0.0553. The number of hydrogen-bond acceptors (Lipinski definition) is 6. The van der Waals surface area contributed by atoms with Gasteiger partial charge in [0.05, 0.1) is 16.5 Å². The number of thiazole rings is 1. The third-order valence-corrected chi connectivity index (χ3v) is 3.73. The molecule has 0 saturated carbocycles. The molecule has 0 aliphatic rings. The van der Waals surface area contributed by atoms with Crippen LogP contribution in [0.2, 0.25) is 0 Å². The average Bonchev–Trinajstić information content (AvgIpc) is 2.91. The molecule has 2 heterocycles. The second-order valence-corrected chi connectivity index (χ2v) is 5.78. The third-order valence-electron chi connectivity index (χ3n) is 2.81. The van der Waals surface area contributed by atoms with Gasteiger partial charge in [0.25, 0.3) is 0 Å². The number of aryl methyl sites for hydroxylation is 3. The summed E-state index contributed by atoms with van der Waals surface area (Å²) in [6, 6.07) is 0. The molecule has 7 nitrogen and oxygen atoms in total. The molecule has 0 radical (unpaired) electrons. The van der Waals surface area contributed by atoms with Crippen molar-refractivity contribution >= 4 is 22.8 Å². The van der Waals surface area contributed by atoms with Crippen molar-refractivity contribution in [3.63, 3.8) is 0 Å². The van der Waals surface area contributed by atoms with Crippen molar-refractivity contribution in [2.24, 2.45) is 0 Å². The van der Waals surface area contributed by atoms with E-state index in [1.807, 2.05) is 13.8 Å². The average molecular weight is 295 g/mol. The van der Waals surface area contributed by atoms with Gasteiger partial charge in [-0.2, -0.15) is 5.10 Å². The Morgan fingerprint density at radius 3 is 2.80 bits per heavy atom. The van der Waals surface area contributed by atoms with Gasteiger partial charge in [0.1, 0.15) is 5.69 Å². The lowest BCUT2D eigenvalue weighted by molar-refractivity contribution is -0.384. The van der Waals surface area contributed by atoms with Crippen molar-refractivity contribution in [3.05, 3.63) is 31.9 Å². The summed E-state index contributed by atoms with van der Waals surface area (Å²) in [5.74, 6) is 0.473. The lowest BCUT2D eigenvalue weighted by Crippen LogP contribution is -2.08. The first kappa shape index (κ1) is 14.4. The normalized spacial score (nSPS) is 10.8. The van der Waals surface area contributed by atoms with Crippen LogP contribution in [0, 0.1) is 24.0 Å². The van der Waals surface area contributed by atoms with E-state index in [1.165, 1.54) is 0 Å². The molecule has 108 valence electrons. The molecule has 0 saturated heterocycles. The minimum Gasteiger partial charge on any atom is -0.360 e. The Balaban J connectivity index is 2.25. The Morgan fingerprint density at radius 1 is 1.50 bits per heavy atom. The van der Waals surface area contributed by atoms with Crippen molar-refractivity contribution in [2.45, 2.75) is 40.3 Å². The van der Waals surface area contributed by atoms with E-state index in [2.05, 4.69) is 15.4 Å². The molecular formula is C12H17N5O2S. The zero-order chi connectivity index (χ0) is 14.7. The van der Waals surface area contributed by atoms with Crippen LogP contribution in [0.25, 0.3) is 0 Å². The SMILES string of the molecule is CCCn1nc(C)c([N+](=O)[O-])c1NCc1cnc(C)s1. The molecule has 0 bridgehead atoms. The molecule has 2 aromatic heterocycles. The van der Waals surface area contributed by atoms with Gasteiger partial charge >= 0.3 is 5.69 Å². The van der Waals surface area contributed by atoms with E-state index in [9.17, 15) is 10.1 Å². The molecule has 2 rings (SSSR count). The van der Waals surface area contributed by atoms with Gasteiger partial charge in [-0.25, -0.2) is 9.67 Å². The maximum Gasteiger partial charge on any atom is 0.333 e. The molecule has 0 aliphatic carbocycles. The number of nitrogens with one attached hydrogen (secondary N) is 1. The van der Waals surface area contributed by atoms with Crippen LogP contribution in [-0.2, 0) is 13.1 Å². The van der Waals surface area contributed by atoms with Crippen LogP contribution in [0.3, 0.4) is 0 Å². The Labute approximate surface area is 120 Å². The summed E-state index contributed by atoms with van der Waals surface area (Å²) < 4.78 is 1.67. The van der Waals surface area contributed by atoms with Gasteiger partial charge in [-0.05, 0) is 20.3 Å². The molecule has 0 aromatic carbocycles. The Bertz CT molecular complexity index is 619. The zero-order valence-corrected chi connectivity index (χ0v) is 12.5. The second kappa shape index (κ2) is 6.00. The molecule has 0 amide bonds. The molecule has 0 aliphatic heterocycles. The zero-order valence-electron chi connectivity index (χ0n) is 11.7. The summed E-state index contributed by atoms with van der Waals surface area (Å²) in [4.78, 5) is 16.0. The van der Waals surface area contributed by atoms with E-state index in [4.69, 9.17) is 0 Å². The van der Waals surface area contributed by atoms with E-state index in [0.29, 0.717) is 24.6 Å². The summed E-state index contributed by atoms with van der Waals surface area (Å²) in [5.41, 5.74) is 0.492. The number of nitrogens with zero attached hydrogens (tertiary/aromatic N) is 4. The standard InChI is InChI=1S/C12H17N5O2S/c1-4-5-16-12(11(17(18)19)8(2)15-16)14-7-10-6-13-9(3)20-10/h6,14H,4-5,7H2,1-3H3. The maximum atomic E-state index is 11.2. The van der Waals surface area contributed by atoms with Crippen LogP contribution in [0.5, 0.6) is 0 Å². The Hall–Kier alpha value is -1.96. The number of rotatable bonds is 6. The molecule has 0 fully saturated rings. The molecule has 8 heteroatoms. The van der Waals surface area contributed by atoms with Crippen LogP contribution in [0.15, 0.2) is 6.20 Å². The van der Waals surface area contributed by atoms with Gasteiger partial charge in [-0.15, -0.1) is 11.3 Å². The summed E-state index contributed by atoms with van der Waals surface area (Å²) in [7, 11) is 0. The number of aromatic nitrogens is 3. The van der Waals surface area contributed by atoms with Crippen molar-refractivity contribution in [3.8, 4) is 0 Å². The van der Waals surface area contributed by atoms with Crippen LogP contribution in [0.4, 0.5) is 11.5 Å². The molecule has 20 heavy (non-hydrogen) atoms. The summed E-state index contributed by atoms with van der Waals surface area (Å²) in [6.45, 7) is 6.77. The highest BCUT2D eigenvalue weighted by Gasteiger charge is 2.24. The lowest BCUT2D eigenvalue weighted by atomic mass is 10.3. The van der Waals surface area contributed by atoms with Crippen LogP contribution < -0.4 is 5.32 Å². The quantitative estimate of drug-likeness (QED) is 0.654. The van der Waals surface area contributed by atoms with Gasteiger partial charge in [-0.3, -0.25) is 10.1 Å². The highest BCUT2D eigenvalue weighted by Crippen LogP contribution is 2.29. The van der Waals surface area contributed by atoms with Gasteiger partial charge < -0.3 is 5.32 Å². The second-order valence-electron chi connectivity index (χ2n) is 4.46. The smallest absolute Gasteiger partial charge is 0.333 e. The van der Waals surface area contributed by atoms with Crippen LogP contribution in [0.1, 0.15) is 28.9 Å². The van der Waals surface area contributed by atoms with E-state index in [-0.39, 0.29) is 10.6 Å². The van der Waals surface area contributed by atoms with Crippen molar-refractivity contribution in [1.29, 1.82) is 0 Å². The van der Waals surface area contributed by atoms with E-state index in [0.717, 1.165) is 16.3 Å². The topological polar surface area (TPSA) is 85.9 Å². The monoisotopic (exact) mass is 295 g/mol. The first-order chi connectivity index (χ1) is 9.52. The molecular weight excluding hydrogens is 278 g/mol. The van der Waals surface area contributed by atoms with Gasteiger partial charge in [0.2, 0.25) is 5.82 Å². The highest BCUT2D eigenvalue weighted by molar-refractivity contribution is 7.11. The van der Waals surface area contributed by atoms with Gasteiger partial charge in [-0.1, -0.05) is 6.92 Å². The number of nitro groups is 1. The Kier molecular flexibility index (Phi) is 4.33. The van der Waals surface area contributed by atoms with Crippen molar-refractivity contribution in [1.82, 2.24) is 14.8 Å². The minimum atomic E-state index is -0.380. The van der Waals surface area contributed by atoms with E-state index < -0.39 is 0 Å². The molecule has 0 spiro atoms. The third kappa shape index (κ3) is 2.96. The van der Waals surface area contributed by atoms with Crippen molar-refractivity contribution in [2.75, 3.05) is 5.32 Å². The molecule has 1 N–H and O–H groups in total. The fraction of sp³-hybridized carbons (Fsp3) is 0.500. The summed E-state index contributed by atoms with van der Waals surface area (Å²) in [5, 5.41) is 19.5. The first-order valence-corrected chi connectivity index (χ1v) is 7.21. The largest absolute Gasteiger partial charge is 0.360 e. The molecule has 2 aromatic rings. The van der Waals surface area contributed by atoms with Crippen LogP contribution in [-0.4, -0.2) is 19.7 Å². The summed E-state index contributed by atoms with van der Waals surface area (Å²) >= 11 is 1.57. The predicted molar refractivity (Wildman–Crippen MR) is 78.1 cm³/mol. The fourth-order valence-corrected chi connectivity index (χ4v) is 2.73. The van der Waals surface area contributed by atoms with Crippen LogP contribution >= 0.6 is 11.3 Å². The fourth-order valence-electron chi connectivity index (χ4n) is 2.00. The van der Waals surface area contributed by atoms with E-state index >= 15 is 0 Å². The van der Waals surface area contributed by atoms with Gasteiger partial charge in [0.15, 0.2) is 0 Å². The first-order valence-electron chi connectivity index (χ1n) is 6.40. The number of hydrogen-bond donors (Lipinski definition) is 1. The predicted octanol–water partition coefficient (Wildman–Crippen LogP) is 2.89. The molecule has 0 atom stereocenters. The lowest BCUT2D eigenvalue weighted by Gasteiger charge is -2.07.